The van der Waals surface area contributed by atoms with Crippen molar-refractivity contribution in [2.75, 3.05) is 31.1 Å². The summed E-state index contributed by atoms with van der Waals surface area (Å²) in [7, 11) is -3.59. The number of hydrogen-bond donors (Lipinski definition) is 0. The number of aromatic nitrogens is 4. The quantitative estimate of drug-likeness (QED) is 0.645. The third-order valence-electron chi connectivity index (χ3n) is 4.71. The van der Waals surface area contributed by atoms with E-state index in [1.807, 2.05) is 23.2 Å². The molecule has 1 fully saturated rings. The van der Waals surface area contributed by atoms with Crippen molar-refractivity contribution in [2.24, 2.45) is 0 Å². The molecule has 3 aromatic rings. The number of aryl methyl sites for hydroxylation is 1. The number of halogens is 1. The van der Waals surface area contributed by atoms with Crippen molar-refractivity contribution in [1.82, 2.24) is 24.1 Å². The number of anilines is 1. The summed E-state index contributed by atoms with van der Waals surface area (Å²) in [5, 5.41) is 4.59. The molecular formula is C18H19ClN6O2S. The van der Waals surface area contributed by atoms with Crippen LogP contribution in [-0.2, 0) is 10.0 Å². The van der Waals surface area contributed by atoms with E-state index in [0.29, 0.717) is 42.6 Å². The van der Waals surface area contributed by atoms with Gasteiger partial charge >= 0.3 is 0 Å². The first-order valence-corrected chi connectivity index (χ1v) is 10.6. The summed E-state index contributed by atoms with van der Waals surface area (Å²) in [6, 6.07) is 8.60. The second kappa shape index (κ2) is 7.50. The Bertz CT molecular complexity index is 1080. The zero-order valence-corrected chi connectivity index (χ0v) is 16.8. The number of piperazine rings is 1. The monoisotopic (exact) mass is 418 g/mol. The van der Waals surface area contributed by atoms with Crippen LogP contribution in [0.25, 0.3) is 5.82 Å². The predicted molar refractivity (Wildman–Crippen MR) is 106 cm³/mol. The van der Waals surface area contributed by atoms with E-state index in [0.717, 1.165) is 5.82 Å². The van der Waals surface area contributed by atoms with Gasteiger partial charge in [-0.2, -0.15) is 9.40 Å². The molecule has 4 rings (SSSR count). The second-order valence-corrected chi connectivity index (χ2v) is 8.83. The smallest absolute Gasteiger partial charge is 0.243 e. The summed E-state index contributed by atoms with van der Waals surface area (Å²) in [6.07, 6.45) is 4.98. The first-order valence-electron chi connectivity index (χ1n) is 8.78. The van der Waals surface area contributed by atoms with Crippen molar-refractivity contribution in [3.63, 3.8) is 0 Å². The maximum absolute atomic E-state index is 13.0. The summed E-state index contributed by atoms with van der Waals surface area (Å²) in [4.78, 5) is 10.9. The van der Waals surface area contributed by atoms with Gasteiger partial charge < -0.3 is 4.90 Å². The molecule has 1 aromatic carbocycles. The van der Waals surface area contributed by atoms with E-state index in [1.165, 1.54) is 16.7 Å². The Balaban J connectivity index is 1.51. The van der Waals surface area contributed by atoms with Crippen LogP contribution in [0.1, 0.15) is 5.56 Å². The minimum Gasteiger partial charge on any atom is -0.354 e. The maximum Gasteiger partial charge on any atom is 0.243 e. The Morgan fingerprint density at radius 3 is 2.50 bits per heavy atom. The second-order valence-electron chi connectivity index (χ2n) is 6.49. The maximum atomic E-state index is 13.0. The fourth-order valence-electron chi connectivity index (χ4n) is 3.19. The van der Waals surface area contributed by atoms with Gasteiger partial charge in [0.1, 0.15) is 12.1 Å². The van der Waals surface area contributed by atoms with Crippen LogP contribution in [0.3, 0.4) is 0 Å². The van der Waals surface area contributed by atoms with Crippen molar-refractivity contribution in [2.45, 2.75) is 11.8 Å². The summed E-state index contributed by atoms with van der Waals surface area (Å²) in [5.74, 6) is 1.41. The molecule has 0 spiro atoms. The zero-order valence-electron chi connectivity index (χ0n) is 15.2. The molecule has 0 amide bonds. The molecule has 1 saturated heterocycles. The molecule has 0 saturated carbocycles. The van der Waals surface area contributed by atoms with Gasteiger partial charge in [-0.05, 0) is 30.7 Å². The van der Waals surface area contributed by atoms with Crippen LogP contribution in [0, 0.1) is 6.92 Å². The molecule has 0 bridgehead atoms. The third-order valence-corrected chi connectivity index (χ3v) is 6.98. The summed E-state index contributed by atoms with van der Waals surface area (Å²) in [6.45, 7) is 3.59. The van der Waals surface area contributed by atoms with Crippen LogP contribution in [-0.4, -0.2) is 58.7 Å². The molecule has 0 aliphatic carbocycles. The normalized spacial score (nSPS) is 15.7. The van der Waals surface area contributed by atoms with Gasteiger partial charge in [-0.25, -0.2) is 23.1 Å². The molecule has 0 unspecified atom stereocenters. The minimum atomic E-state index is -3.59. The zero-order chi connectivity index (χ0) is 19.7. The molecular weight excluding hydrogens is 400 g/mol. The summed E-state index contributed by atoms with van der Waals surface area (Å²) < 4.78 is 29.2. The first kappa shape index (κ1) is 18.9. The molecule has 10 heteroatoms. The lowest BCUT2D eigenvalue weighted by Crippen LogP contribution is -2.49. The average molecular weight is 419 g/mol. The number of hydrogen-bond acceptors (Lipinski definition) is 6. The van der Waals surface area contributed by atoms with Gasteiger partial charge in [0.05, 0.1) is 4.90 Å². The molecule has 1 aliphatic heterocycles. The number of nitrogens with zero attached hydrogens (tertiary/aromatic N) is 6. The Labute approximate surface area is 168 Å². The highest BCUT2D eigenvalue weighted by molar-refractivity contribution is 7.89. The van der Waals surface area contributed by atoms with Crippen LogP contribution in [0.5, 0.6) is 0 Å². The number of sulfonamides is 1. The Morgan fingerprint density at radius 1 is 1.04 bits per heavy atom. The molecule has 0 N–H and O–H groups in total. The molecule has 28 heavy (non-hydrogen) atoms. The van der Waals surface area contributed by atoms with E-state index in [1.54, 1.807) is 29.9 Å². The average Bonchev–Trinajstić information content (AvgIpc) is 3.25. The van der Waals surface area contributed by atoms with E-state index >= 15 is 0 Å². The largest absolute Gasteiger partial charge is 0.354 e. The van der Waals surface area contributed by atoms with E-state index < -0.39 is 10.0 Å². The van der Waals surface area contributed by atoms with Gasteiger partial charge in [0.25, 0.3) is 0 Å². The molecule has 1 aliphatic rings. The standard InChI is InChI=1S/C18H19ClN6O2S/c1-14-3-4-15(19)11-16(14)28(26,27)24-9-7-23(8-10-24)17-12-18(21-13-20-17)25-6-2-5-22-25/h2-6,11-13H,7-10H2,1H3. The van der Waals surface area contributed by atoms with E-state index in [2.05, 4.69) is 15.1 Å². The van der Waals surface area contributed by atoms with E-state index in [-0.39, 0.29) is 4.90 Å². The molecule has 0 atom stereocenters. The Morgan fingerprint density at radius 2 is 1.79 bits per heavy atom. The first-order chi connectivity index (χ1) is 13.4. The fourth-order valence-corrected chi connectivity index (χ4v) is 5.10. The topological polar surface area (TPSA) is 84.2 Å². The van der Waals surface area contributed by atoms with Crippen LogP contribution < -0.4 is 4.90 Å². The molecule has 0 radical (unpaired) electrons. The van der Waals surface area contributed by atoms with Crippen molar-refractivity contribution in [3.05, 3.63) is 59.6 Å². The highest BCUT2D eigenvalue weighted by atomic mass is 35.5. The van der Waals surface area contributed by atoms with Crippen molar-refractivity contribution in [1.29, 1.82) is 0 Å². The third kappa shape index (κ3) is 3.60. The van der Waals surface area contributed by atoms with Gasteiger partial charge in [-0.15, -0.1) is 0 Å². The predicted octanol–water partition coefficient (Wildman–Crippen LogP) is 2.14. The Kier molecular flexibility index (Phi) is 5.05. The van der Waals surface area contributed by atoms with Crippen LogP contribution >= 0.6 is 11.6 Å². The lowest BCUT2D eigenvalue weighted by atomic mass is 10.2. The van der Waals surface area contributed by atoms with Gasteiger partial charge in [0, 0.05) is 49.7 Å². The highest BCUT2D eigenvalue weighted by Crippen LogP contribution is 2.25. The van der Waals surface area contributed by atoms with Gasteiger partial charge in [-0.1, -0.05) is 17.7 Å². The van der Waals surface area contributed by atoms with Crippen molar-refractivity contribution >= 4 is 27.4 Å². The Hall–Kier alpha value is -2.49. The highest BCUT2D eigenvalue weighted by Gasteiger charge is 2.30. The van der Waals surface area contributed by atoms with Gasteiger partial charge in [-0.3, -0.25) is 0 Å². The van der Waals surface area contributed by atoms with Crippen LogP contribution in [0.4, 0.5) is 5.82 Å². The lowest BCUT2D eigenvalue weighted by molar-refractivity contribution is 0.383. The molecule has 146 valence electrons. The summed E-state index contributed by atoms with van der Waals surface area (Å²) in [5.41, 5.74) is 0.687. The number of rotatable bonds is 4. The van der Waals surface area contributed by atoms with E-state index in [4.69, 9.17) is 11.6 Å². The summed E-state index contributed by atoms with van der Waals surface area (Å²) >= 11 is 6.01. The van der Waals surface area contributed by atoms with Crippen LogP contribution in [0.15, 0.2) is 53.9 Å². The number of benzene rings is 1. The fraction of sp³-hybridized carbons (Fsp3) is 0.278. The molecule has 2 aromatic heterocycles. The van der Waals surface area contributed by atoms with Crippen molar-refractivity contribution < 1.29 is 8.42 Å². The van der Waals surface area contributed by atoms with Gasteiger partial charge in [0.15, 0.2) is 5.82 Å². The van der Waals surface area contributed by atoms with Crippen LogP contribution in [0.2, 0.25) is 5.02 Å². The SMILES string of the molecule is Cc1ccc(Cl)cc1S(=O)(=O)N1CCN(c2cc(-n3cccn3)ncn2)CC1. The molecule has 8 nitrogen and oxygen atoms in total. The molecule has 3 heterocycles. The minimum absolute atomic E-state index is 0.261. The van der Waals surface area contributed by atoms with Crippen molar-refractivity contribution in [3.8, 4) is 5.82 Å². The lowest BCUT2D eigenvalue weighted by Gasteiger charge is -2.34. The van der Waals surface area contributed by atoms with Gasteiger partial charge in [0.2, 0.25) is 10.0 Å². The van der Waals surface area contributed by atoms with E-state index in [9.17, 15) is 8.42 Å².